The predicted octanol–water partition coefficient (Wildman–Crippen LogP) is 3.71. The number of rotatable bonds is 7. The van der Waals surface area contributed by atoms with Crippen molar-refractivity contribution in [2.75, 3.05) is 44.2 Å². The normalized spacial score (nSPS) is 18.5. The van der Waals surface area contributed by atoms with Crippen molar-refractivity contribution in [3.63, 3.8) is 0 Å². The van der Waals surface area contributed by atoms with Crippen LogP contribution in [0.25, 0.3) is 0 Å². The van der Waals surface area contributed by atoms with Crippen LogP contribution in [-0.4, -0.2) is 44.2 Å². The van der Waals surface area contributed by atoms with Crippen LogP contribution in [0.5, 0.6) is 5.75 Å². The molecule has 0 aliphatic carbocycles. The molecule has 0 amide bonds. The minimum absolute atomic E-state index is 0.841. The predicted molar refractivity (Wildman–Crippen MR) is 93.1 cm³/mol. The van der Waals surface area contributed by atoms with Gasteiger partial charge in [-0.1, -0.05) is 13.3 Å². The van der Waals surface area contributed by atoms with Gasteiger partial charge in [-0.05, 0) is 69.0 Å². The van der Waals surface area contributed by atoms with Crippen LogP contribution in [0.15, 0.2) is 18.2 Å². The molecule has 3 nitrogen and oxygen atoms in total. The van der Waals surface area contributed by atoms with E-state index in [9.17, 15) is 0 Å². The number of benzene rings is 1. The molecule has 0 saturated carbocycles. The third-order valence-corrected chi connectivity index (χ3v) is 4.87. The molecule has 0 N–H and O–H groups in total. The highest BCUT2D eigenvalue weighted by molar-refractivity contribution is 5.60. The second-order valence-electron chi connectivity index (χ2n) is 6.63. The molecule has 1 aromatic carbocycles. The summed E-state index contributed by atoms with van der Waals surface area (Å²) in [6.07, 6.45) is 7.69. The Kier molecular flexibility index (Phi) is 5.60. The first-order valence-corrected chi connectivity index (χ1v) is 9.10. The van der Waals surface area contributed by atoms with E-state index in [2.05, 4.69) is 34.9 Å². The summed E-state index contributed by atoms with van der Waals surface area (Å²) < 4.78 is 5.97. The van der Waals surface area contributed by atoms with Crippen molar-refractivity contribution in [2.24, 2.45) is 0 Å². The number of likely N-dealkylation sites (tertiary alicyclic amines) is 1. The molecular weight excluding hydrogens is 272 g/mol. The molecule has 3 heteroatoms. The lowest BCUT2D eigenvalue weighted by atomic mass is 10.1. The second kappa shape index (κ2) is 7.87. The molecule has 1 aromatic rings. The van der Waals surface area contributed by atoms with E-state index >= 15 is 0 Å². The zero-order chi connectivity index (χ0) is 15.2. The molecule has 0 atom stereocenters. The van der Waals surface area contributed by atoms with Crippen LogP contribution in [-0.2, 0) is 6.42 Å². The van der Waals surface area contributed by atoms with Gasteiger partial charge in [0.25, 0.3) is 0 Å². The molecule has 0 unspecified atom stereocenters. The summed E-state index contributed by atoms with van der Waals surface area (Å²) in [5.74, 6) is 1.05. The zero-order valence-electron chi connectivity index (χ0n) is 14.0. The largest absolute Gasteiger partial charge is 0.494 e. The Labute approximate surface area is 135 Å². The molecule has 0 aromatic heterocycles. The van der Waals surface area contributed by atoms with Gasteiger partial charge in [0.1, 0.15) is 5.75 Å². The molecule has 3 rings (SSSR count). The maximum Gasteiger partial charge on any atom is 0.119 e. The van der Waals surface area contributed by atoms with E-state index in [-0.39, 0.29) is 0 Å². The molecule has 0 spiro atoms. The first-order valence-electron chi connectivity index (χ1n) is 9.10. The van der Waals surface area contributed by atoms with Crippen molar-refractivity contribution in [3.8, 4) is 5.75 Å². The number of fused-ring (bicyclic) bond motifs is 1. The molecule has 0 radical (unpaired) electrons. The van der Waals surface area contributed by atoms with Gasteiger partial charge in [-0.25, -0.2) is 0 Å². The van der Waals surface area contributed by atoms with Crippen molar-refractivity contribution in [2.45, 2.75) is 45.4 Å². The van der Waals surface area contributed by atoms with Crippen LogP contribution in [0.2, 0.25) is 0 Å². The van der Waals surface area contributed by atoms with E-state index in [0.717, 1.165) is 18.8 Å². The van der Waals surface area contributed by atoms with Gasteiger partial charge in [0.2, 0.25) is 0 Å². The molecular formula is C19H30N2O. The number of anilines is 1. The minimum atomic E-state index is 0.841. The Morgan fingerprint density at radius 1 is 1.05 bits per heavy atom. The SMILES string of the molecule is CCCN1CCc2cc(OCCCN3CCCCC3)ccc21. The fourth-order valence-electron chi connectivity index (χ4n) is 3.70. The molecule has 22 heavy (non-hydrogen) atoms. The lowest BCUT2D eigenvalue weighted by molar-refractivity contribution is 0.205. The smallest absolute Gasteiger partial charge is 0.119 e. The Morgan fingerprint density at radius 2 is 1.91 bits per heavy atom. The standard InChI is InChI=1S/C19H30N2O/c1-2-10-21-14-9-17-16-18(7-8-19(17)21)22-15-6-13-20-11-4-3-5-12-20/h7-8,16H,2-6,9-15H2,1H3. The highest BCUT2D eigenvalue weighted by Crippen LogP contribution is 2.31. The van der Waals surface area contributed by atoms with Crippen molar-refractivity contribution in [1.29, 1.82) is 0 Å². The summed E-state index contributed by atoms with van der Waals surface area (Å²) in [4.78, 5) is 5.08. The van der Waals surface area contributed by atoms with Gasteiger partial charge < -0.3 is 14.5 Å². The summed E-state index contributed by atoms with van der Waals surface area (Å²) in [6.45, 7) is 9.18. The molecule has 2 aliphatic rings. The van der Waals surface area contributed by atoms with Crippen molar-refractivity contribution in [1.82, 2.24) is 4.90 Å². The van der Waals surface area contributed by atoms with Crippen molar-refractivity contribution < 1.29 is 4.74 Å². The topological polar surface area (TPSA) is 15.7 Å². The molecule has 1 fully saturated rings. The lowest BCUT2D eigenvalue weighted by Crippen LogP contribution is -2.31. The third-order valence-electron chi connectivity index (χ3n) is 4.87. The van der Waals surface area contributed by atoms with Gasteiger partial charge in [-0.15, -0.1) is 0 Å². The Morgan fingerprint density at radius 3 is 2.73 bits per heavy atom. The van der Waals surface area contributed by atoms with Crippen molar-refractivity contribution in [3.05, 3.63) is 23.8 Å². The molecule has 0 bridgehead atoms. The Balaban J connectivity index is 1.43. The Bertz CT molecular complexity index is 469. The van der Waals surface area contributed by atoms with Gasteiger partial charge in [-0.3, -0.25) is 0 Å². The first-order chi connectivity index (χ1) is 10.9. The van der Waals surface area contributed by atoms with E-state index in [1.807, 2.05) is 0 Å². The van der Waals surface area contributed by atoms with Gasteiger partial charge in [0.15, 0.2) is 0 Å². The van der Waals surface area contributed by atoms with Crippen LogP contribution in [0.1, 0.15) is 44.6 Å². The number of piperidine rings is 1. The van der Waals surface area contributed by atoms with Crippen LogP contribution in [0, 0.1) is 0 Å². The summed E-state index contributed by atoms with van der Waals surface area (Å²) in [5.41, 5.74) is 2.88. The Hall–Kier alpha value is -1.22. The lowest BCUT2D eigenvalue weighted by Gasteiger charge is -2.26. The first kappa shape index (κ1) is 15.7. The fraction of sp³-hybridized carbons (Fsp3) is 0.684. The van der Waals surface area contributed by atoms with Crippen LogP contribution in [0.4, 0.5) is 5.69 Å². The van der Waals surface area contributed by atoms with E-state index in [1.54, 1.807) is 0 Å². The fourth-order valence-corrected chi connectivity index (χ4v) is 3.70. The molecule has 1 saturated heterocycles. The van der Waals surface area contributed by atoms with E-state index in [1.165, 1.54) is 76.1 Å². The highest BCUT2D eigenvalue weighted by atomic mass is 16.5. The highest BCUT2D eigenvalue weighted by Gasteiger charge is 2.18. The molecule has 122 valence electrons. The second-order valence-corrected chi connectivity index (χ2v) is 6.63. The van der Waals surface area contributed by atoms with Gasteiger partial charge >= 0.3 is 0 Å². The maximum atomic E-state index is 5.97. The van der Waals surface area contributed by atoms with E-state index in [4.69, 9.17) is 4.74 Å². The minimum Gasteiger partial charge on any atom is -0.494 e. The molecule has 2 heterocycles. The number of nitrogens with zero attached hydrogens (tertiary/aromatic N) is 2. The zero-order valence-corrected chi connectivity index (χ0v) is 14.0. The van der Waals surface area contributed by atoms with Gasteiger partial charge in [0.05, 0.1) is 6.61 Å². The monoisotopic (exact) mass is 302 g/mol. The summed E-state index contributed by atoms with van der Waals surface area (Å²) in [7, 11) is 0. The average molecular weight is 302 g/mol. The maximum absolute atomic E-state index is 5.97. The quantitative estimate of drug-likeness (QED) is 0.714. The van der Waals surface area contributed by atoms with Gasteiger partial charge in [-0.2, -0.15) is 0 Å². The summed E-state index contributed by atoms with van der Waals surface area (Å²) in [6, 6.07) is 6.65. The third kappa shape index (κ3) is 3.95. The van der Waals surface area contributed by atoms with Crippen LogP contribution < -0.4 is 9.64 Å². The average Bonchev–Trinajstić information content (AvgIpc) is 2.95. The summed E-state index contributed by atoms with van der Waals surface area (Å²) in [5, 5.41) is 0. The summed E-state index contributed by atoms with van der Waals surface area (Å²) >= 11 is 0. The van der Waals surface area contributed by atoms with Crippen molar-refractivity contribution >= 4 is 5.69 Å². The number of hydrogen-bond donors (Lipinski definition) is 0. The molecule has 2 aliphatic heterocycles. The van der Waals surface area contributed by atoms with E-state index in [0.29, 0.717) is 0 Å². The number of hydrogen-bond acceptors (Lipinski definition) is 3. The van der Waals surface area contributed by atoms with E-state index < -0.39 is 0 Å². The number of ether oxygens (including phenoxy) is 1. The van der Waals surface area contributed by atoms with Crippen LogP contribution in [0.3, 0.4) is 0 Å². The van der Waals surface area contributed by atoms with Gasteiger partial charge in [0, 0.05) is 25.3 Å². The van der Waals surface area contributed by atoms with Crippen LogP contribution >= 0.6 is 0 Å².